The van der Waals surface area contributed by atoms with E-state index in [1.165, 1.54) is 13.2 Å². The van der Waals surface area contributed by atoms with Crippen LogP contribution in [0.5, 0.6) is 5.75 Å². The summed E-state index contributed by atoms with van der Waals surface area (Å²) < 4.78 is 10.6. The van der Waals surface area contributed by atoms with E-state index >= 15 is 0 Å². The number of carboxylic acids is 1. The lowest BCUT2D eigenvalue weighted by Gasteiger charge is -2.22. The molecule has 2 atom stereocenters. The van der Waals surface area contributed by atoms with Gasteiger partial charge >= 0.3 is 5.97 Å². The molecule has 122 valence electrons. The van der Waals surface area contributed by atoms with Crippen LogP contribution in [0.2, 0.25) is 0 Å². The van der Waals surface area contributed by atoms with Crippen LogP contribution in [0.4, 0.5) is 0 Å². The van der Waals surface area contributed by atoms with Crippen LogP contribution in [0.15, 0.2) is 36.4 Å². The third-order valence-corrected chi connectivity index (χ3v) is 3.09. The van der Waals surface area contributed by atoms with Gasteiger partial charge in [-0.1, -0.05) is 18.2 Å². The second-order valence-corrected chi connectivity index (χ2v) is 4.68. The normalized spacial score (nSPS) is 14.0. The molecule has 1 aromatic rings. The van der Waals surface area contributed by atoms with Crippen LogP contribution in [-0.4, -0.2) is 47.7 Å². The zero-order valence-corrected chi connectivity index (χ0v) is 12.5. The summed E-state index contributed by atoms with van der Waals surface area (Å²) in [6, 6.07) is 6.95. The Kier molecular flexibility index (Phi) is 8.21. The Morgan fingerprint density at radius 1 is 1.41 bits per heavy atom. The molecule has 0 radical (unpaired) electrons. The summed E-state index contributed by atoms with van der Waals surface area (Å²) in [5, 5.41) is 27.6. The van der Waals surface area contributed by atoms with Crippen molar-refractivity contribution in [1.29, 1.82) is 0 Å². The van der Waals surface area contributed by atoms with Gasteiger partial charge in [-0.3, -0.25) is 0 Å². The second kappa shape index (κ2) is 9.94. The van der Waals surface area contributed by atoms with Gasteiger partial charge in [-0.15, -0.1) is 0 Å². The topological polar surface area (TPSA) is 96.2 Å². The highest BCUT2D eigenvalue weighted by molar-refractivity contribution is 5.79. The van der Waals surface area contributed by atoms with Crippen molar-refractivity contribution < 1.29 is 29.6 Å². The number of carboxylic acid groups (broad SMARTS) is 1. The first-order valence-electron chi connectivity index (χ1n) is 7.02. The fraction of sp³-hybridized carbons (Fsp3) is 0.438. The lowest BCUT2D eigenvalue weighted by molar-refractivity contribution is -0.131. The van der Waals surface area contributed by atoms with Gasteiger partial charge in [0, 0.05) is 13.2 Å². The Morgan fingerprint density at radius 2 is 2.18 bits per heavy atom. The smallest absolute Gasteiger partial charge is 0.327 e. The molecule has 0 bridgehead atoms. The lowest BCUT2D eigenvalue weighted by atomic mass is 10.0. The quantitative estimate of drug-likeness (QED) is 0.567. The fourth-order valence-corrected chi connectivity index (χ4v) is 2.02. The maximum absolute atomic E-state index is 10.4. The highest BCUT2D eigenvalue weighted by Crippen LogP contribution is 2.25. The second-order valence-electron chi connectivity index (χ2n) is 4.68. The van der Waals surface area contributed by atoms with Crippen molar-refractivity contribution in [2.45, 2.75) is 25.0 Å². The SMILES string of the molecule is CO[C@H](CC/C=C/C(=O)O)[C@H](O)c1cccc(OCCO)c1. The van der Waals surface area contributed by atoms with Crippen LogP contribution in [0.1, 0.15) is 24.5 Å². The van der Waals surface area contributed by atoms with E-state index in [1.54, 1.807) is 24.3 Å². The van der Waals surface area contributed by atoms with Crippen molar-refractivity contribution in [3.05, 3.63) is 42.0 Å². The number of hydrogen-bond donors (Lipinski definition) is 3. The summed E-state index contributed by atoms with van der Waals surface area (Å²) in [7, 11) is 1.50. The Labute approximate surface area is 129 Å². The predicted octanol–water partition coefficient (Wildman–Crippen LogP) is 1.53. The van der Waals surface area contributed by atoms with Crippen LogP contribution in [0, 0.1) is 0 Å². The number of aliphatic hydroxyl groups excluding tert-OH is 2. The third kappa shape index (κ3) is 6.26. The summed E-state index contributed by atoms with van der Waals surface area (Å²) in [6.07, 6.45) is 2.28. The lowest BCUT2D eigenvalue weighted by Crippen LogP contribution is -2.20. The standard InChI is InChI=1S/C16H22O6/c1-21-14(7-2-3-8-15(18)19)16(20)12-5-4-6-13(11-12)22-10-9-17/h3-6,8,11,14,16-17,20H,2,7,9-10H2,1H3,(H,18,19)/b8-3+/t14-,16-/m1/s1. The van der Waals surface area contributed by atoms with Gasteiger partial charge in [0.1, 0.15) is 18.5 Å². The van der Waals surface area contributed by atoms with Crippen LogP contribution in [-0.2, 0) is 9.53 Å². The number of hydrogen-bond acceptors (Lipinski definition) is 5. The molecule has 6 heteroatoms. The summed E-state index contributed by atoms with van der Waals surface area (Å²) >= 11 is 0. The fourth-order valence-electron chi connectivity index (χ4n) is 2.02. The van der Waals surface area contributed by atoms with E-state index in [2.05, 4.69) is 0 Å². The number of aliphatic hydroxyl groups is 2. The van der Waals surface area contributed by atoms with Gasteiger partial charge in [0.25, 0.3) is 0 Å². The summed E-state index contributed by atoms with van der Waals surface area (Å²) in [5.41, 5.74) is 0.643. The Balaban J connectivity index is 2.66. The molecule has 0 unspecified atom stereocenters. The highest BCUT2D eigenvalue weighted by Gasteiger charge is 2.20. The highest BCUT2D eigenvalue weighted by atomic mass is 16.5. The molecule has 0 aliphatic carbocycles. The Morgan fingerprint density at radius 3 is 2.82 bits per heavy atom. The Bertz CT molecular complexity index is 485. The van der Waals surface area contributed by atoms with Crippen molar-refractivity contribution in [2.24, 2.45) is 0 Å². The molecule has 0 heterocycles. The zero-order valence-electron chi connectivity index (χ0n) is 12.5. The third-order valence-electron chi connectivity index (χ3n) is 3.09. The maximum Gasteiger partial charge on any atom is 0.327 e. The molecule has 1 aromatic carbocycles. The molecule has 0 amide bonds. The van der Waals surface area contributed by atoms with Crippen LogP contribution in [0.3, 0.4) is 0 Å². The van der Waals surface area contributed by atoms with Gasteiger partial charge in [-0.05, 0) is 30.5 Å². The van der Waals surface area contributed by atoms with Crippen molar-refractivity contribution in [2.75, 3.05) is 20.3 Å². The molecule has 6 nitrogen and oxygen atoms in total. The monoisotopic (exact) mass is 310 g/mol. The minimum atomic E-state index is -0.997. The number of carbonyl (C=O) groups is 1. The first-order chi connectivity index (χ1) is 10.6. The largest absolute Gasteiger partial charge is 0.491 e. The van der Waals surface area contributed by atoms with E-state index in [1.807, 2.05) is 0 Å². The van der Waals surface area contributed by atoms with Gasteiger partial charge in [-0.25, -0.2) is 4.79 Å². The van der Waals surface area contributed by atoms with E-state index < -0.39 is 18.2 Å². The minimum absolute atomic E-state index is 0.0800. The van der Waals surface area contributed by atoms with Crippen molar-refractivity contribution in [3.63, 3.8) is 0 Å². The van der Waals surface area contributed by atoms with Gasteiger partial charge < -0.3 is 24.8 Å². The molecule has 0 aliphatic heterocycles. The molecule has 22 heavy (non-hydrogen) atoms. The molecule has 3 N–H and O–H groups in total. The van der Waals surface area contributed by atoms with Crippen molar-refractivity contribution in [3.8, 4) is 5.75 Å². The molecule has 0 saturated carbocycles. The van der Waals surface area contributed by atoms with E-state index in [0.717, 1.165) is 6.08 Å². The minimum Gasteiger partial charge on any atom is -0.491 e. The molecular formula is C16H22O6. The number of ether oxygens (including phenoxy) is 2. The molecule has 0 aromatic heterocycles. The molecule has 0 aliphatic rings. The molecular weight excluding hydrogens is 288 g/mol. The van der Waals surface area contributed by atoms with Gasteiger partial charge in [0.05, 0.1) is 12.7 Å². The summed E-state index contributed by atoms with van der Waals surface area (Å²) in [5.74, 6) is -0.436. The number of methoxy groups -OCH3 is 1. The van der Waals surface area contributed by atoms with Gasteiger partial charge in [0.15, 0.2) is 0 Å². The van der Waals surface area contributed by atoms with Crippen LogP contribution >= 0.6 is 0 Å². The van der Waals surface area contributed by atoms with Crippen LogP contribution < -0.4 is 4.74 Å². The maximum atomic E-state index is 10.4. The molecule has 1 rings (SSSR count). The molecule has 0 spiro atoms. The van der Waals surface area contributed by atoms with E-state index in [-0.39, 0.29) is 13.2 Å². The van der Waals surface area contributed by atoms with Crippen LogP contribution in [0.25, 0.3) is 0 Å². The number of allylic oxidation sites excluding steroid dienone is 1. The van der Waals surface area contributed by atoms with Crippen molar-refractivity contribution in [1.82, 2.24) is 0 Å². The summed E-state index contributed by atoms with van der Waals surface area (Å²) in [6.45, 7) is 0.108. The molecule has 0 saturated heterocycles. The number of rotatable bonds is 10. The van der Waals surface area contributed by atoms with E-state index in [4.69, 9.17) is 19.7 Å². The number of benzene rings is 1. The van der Waals surface area contributed by atoms with Gasteiger partial charge in [-0.2, -0.15) is 0 Å². The van der Waals surface area contributed by atoms with Gasteiger partial charge in [0.2, 0.25) is 0 Å². The zero-order chi connectivity index (χ0) is 16.4. The first-order valence-corrected chi connectivity index (χ1v) is 7.02. The number of aliphatic carboxylic acids is 1. The average Bonchev–Trinajstić information content (AvgIpc) is 2.52. The average molecular weight is 310 g/mol. The van der Waals surface area contributed by atoms with Crippen molar-refractivity contribution >= 4 is 5.97 Å². The van der Waals surface area contributed by atoms with E-state index in [9.17, 15) is 9.90 Å². The first kappa shape index (κ1) is 18.2. The Hall–Kier alpha value is -1.89. The predicted molar refractivity (Wildman–Crippen MR) is 80.8 cm³/mol. The molecule has 0 fully saturated rings. The van der Waals surface area contributed by atoms with E-state index in [0.29, 0.717) is 24.2 Å². The summed E-state index contributed by atoms with van der Waals surface area (Å²) in [4.78, 5) is 10.4.